The number of aromatic nitrogens is 4. The summed E-state index contributed by atoms with van der Waals surface area (Å²) >= 11 is 6.80. The van der Waals surface area contributed by atoms with E-state index in [1.807, 2.05) is 35.0 Å². The van der Waals surface area contributed by atoms with Crippen LogP contribution in [0.2, 0.25) is 24.7 Å². The van der Waals surface area contributed by atoms with Crippen LogP contribution in [0, 0.1) is 11.3 Å². The van der Waals surface area contributed by atoms with Gasteiger partial charge in [-0.3, -0.25) is 9.88 Å². The van der Waals surface area contributed by atoms with Crippen LogP contribution in [0.3, 0.4) is 0 Å². The van der Waals surface area contributed by atoms with E-state index in [4.69, 9.17) is 11.6 Å². The summed E-state index contributed by atoms with van der Waals surface area (Å²) in [6, 6.07) is 16.6. The van der Waals surface area contributed by atoms with Crippen LogP contribution in [-0.2, 0) is 0 Å². The number of fused-ring (bicyclic) bond motifs is 1. The first kappa shape index (κ1) is 30.0. The Labute approximate surface area is 255 Å². The van der Waals surface area contributed by atoms with Gasteiger partial charge in [0.1, 0.15) is 11.8 Å². The molecule has 0 saturated carbocycles. The molecule has 0 aliphatic carbocycles. The fourth-order valence-electron chi connectivity index (χ4n) is 5.51. The molecule has 0 radical (unpaired) electrons. The Morgan fingerprint density at radius 3 is 2.48 bits per heavy atom. The molecule has 2 aromatic heterocycles. The van der Waals surface area contributed by atoms with Gasteiger partial charge in [-0.25, -0.2) is 4.68 Å². The topological polar surface area (TPSA) is 94.7 Å². The average Bonchev–Trinajstić information content (AvgIpc) is 3.44. The summed E-state index contributed by atoms with van der Waals surface area (Å²) in [5.41, 5.74) is 4.87. The van der Waals surface area contributed by atoms with E-state index in [1.165, 1.54) is 0 Å². The molecule has 0 bridgehead atoms. The summed E-state index contributed by atoms with van der Waals surface area (Å²) in [5.74, 6) is 0. The highest BCUT2D eigenvalue weighted by molar-refractivity contribution is 6.76. The quantitative estimate of drug-likeness (QED) is 0.205. The van der Waals surface area contributed by atoms with E-state index in [0.717, 1.165) is 60.1 Å². The summed E-state index contributed by atoms with van der Waals surface area (Å²) in [4.78, 5) is 7.07. The summed E-state index contributed by atoms with van der Waals surface area (Å²) in [6.45, 7) is 15.8. The first-order valence-corrected chi connectivity index (χ1v) is 18.8. The Balaban J connectivity index is 1.48. The van der Waals surface area contributed by atoms with E-state index in [0.29, 0.717) is 22.1 Å². The first-order chi connectivity index (χ1) is 19.9. The molecule has 5 rings (SSSR count). The van der Waals surface area contributed by atoms with Gasteiger partial charge in [-0.15, -0.1) is 5.10 Å². The Morgan fingerprint density at radius 1 is 1.12 bits per heavy atom. The predicted octanol–water partition coefficient (Wildman–Crippen LogP) is 7.28. The number of benzene rings is 2. The van der Waals surface area contributed by atoms with Crippen LogP contribution in [0.4, 0.5) is 11.4 Å². The fraction of sp³-hybridized carbons (Fsp3) is 0.438. The zero-order valence-corrected chi connectivity index (χ0v) is 27.2. The minimum absolute atomic E-state index is 0.176. The molecular weight excluding hydrogens is 560 g/mol. The molecule has 1 aliphatic rings. The molecule has 2 aromatic carbocycles. The maximum Gasteiger partial charge on any atom is 0.109 e. The maximum absolute atomic E-state index is 9.87. The molecule has 1 unspecified atom stereocenters. The lowest BCUT2D eigenvalue weighted by atomic mass is 9.98. The monoisotopic (exact) mass is 600 g/mol. The number of nitrogens with zero attached hydrogens (tertiary/aromatic N) is 6. The predicted molar refractivity (Wildman–Crippen MR) is 175 cm³/mol. The summed E-state index contributed by atoms with van der Waals surface area (Å²) in [6.07, 6.45) is 6.61. The number of nitrogens with one attached hydrogen (secondary N) is 2. The highest BCUT2D eigenvalue weighted by Gasteiger charge is 2.29. The van der Waals surface area contributed by atoms with Crippen LogP contribution in [0.15, 0.2) is 54.9 Å². The second-order valence-corrected chi connectivity index (χ2v) is 19.3. The molecule has 0 spiro atoms. The number of rotatable bonds is 8. The molecule has 2 N–H and O–H groups in total. The van der Waals surface area contributed by atoms with Crippen molar-refractivity contribution in [1.82, 2.24) is 24.9 Å². The van der Waals surface area contributed by atoms with Gasteiger partial charge < -0.3 is 10.6 Å². The summed E-state index contributed by atoms with van der Waals surface area (Å²) < 4.78 is 2.04. The number of nitriles is 1. The van der Waals surface area contributed by atoms with Crippen molar-refractivity contribution >= 4 is 42.0 Å². The van der Waals surface area contributed by atoms with Crippen molar-refractivity contribution in [1.29, 1.82) is 5.26 Å². The van der Waals surface area contributed by atoms with Crippen molar-refractivity contribution in [2.45, 2.75) is 70.9 Å². The molecule has 3 heterocycles. The minimum Gasteiger partial charge on any atom is -0.386 e. The maximum atomic E-state index is 9.87. The third kappa shape index (κ3) is 6.78. The third-order valence-corrected chi connectivity index (χ3v) is 9.42. The number of halogens is 1. The number of piperidine rings is 1. The van der Waals surface area contributed by atoms with E-state index < -0.39 is 8.07 Å². The van der Waals surface area contributed by atoms with Gasteiger partial charge in [-0.05, 0) is 51.3 Å². The summed E-state index contributed by atoms with van der Waals surface area (Å²) in [7, 11) is -1.44. The number of likely N-dealkylation sites (tertiary alicyclic amines) is 1. The highest BCUT2D eigenvalue weighted by Crippen LogP contribution is 2.36. The standard InChI is InChI=1S/C32H41ClN8Si/c1-32(2,3)40-14-12-25(13-15-40)41-20-28(38-39-41)30(22-10-8-7-9-11-22)37-24-16-26-29(36-21-42(4,5)6)23(18-34)19-35-31(26)27(33)17-24/h7-11,16-17,19-20,25,30,37H,12-15,21H2,1-6H3,(H,35,36). The van der Waals surface area contributed by atoms with Crippen LogP contribution in [0.5, 0.6) is 0 Å². The van der Waals surface area contributed by atoms with Crippen molar-refractivity contribution in [3.63, 3.8) is 0 Å². The van der Waals surface area contributed by atoms with Gasteiger partial charge in [0, 0.05) is 42.1 Å². The van der Waals surface area contributed by atoms with Gasteiger partial charge >= 0.3 is 0 Å². The second kappa shape index (κ2) is 12.0. The molecule has 1 atom stereocenters. The second-order valence-electron chi connectivity index (χ2n) is 13.4. The first-order valence-electron chi connectivity index (χ1n) is 14.7. The Kier molecular flexibility index (Phi) is 8.60. The molecule has 220 valence electrons. The van der Waals surface area contributed by atoms with Crippen molar-refractivity contribution in [3.8, 4) is 6.07 Å². The van der Waals surface area contributed by atoms with Crippen molar-refractivity contribution in [2.24, 2.45) is 0 Å². The minimum atomic E-state index is -1.44. The smallest absolute Gasteiger partial charge is 0.109 e. The Bertz CT molecular complexity index is 1570. The Morgan fingerprint density at radius 2 is 1.83 bits per heavy atom. The van der Waals surface area contributed by atoms with Crippen molar-refractivity contribution < 1.29 is 0 Å². The van der Waals surface area contributed by atoms with Crippen LogP contribution in [0.25, 0.3) is 10.9 Å². The van der Waals surface area contributed by atoms with Gasteiger partial charge in [-0.1, -0.05) is 66.8 Å². The van der Waals surface area contributed by atoms with Crippen molar-refractivity contribution in [2.75, 3.05) is 29.9 Å². The molecule has 1 saturated heterocycles. The van der Waals surface area contributed by atoms with Crippen LogP contribution >= 0.6 is 11.6 Å². The van der Waals surface area contributed by atoms with Gasteiger partial charge in [0.15, 0.2) is 0 Å². The van der Waals surface area contributed by atoms with Gasteiger partial charge in [0.25, 0.3) is 0 Å². The van der Waals surface area contributed by atoms with E-state index in [2.05, 4.69) is 95.6 Å². The van der Waals surface area contributed by atoms with E-state index in [1.54, 1.807) is 6.20 Å². The molecule has 1 fully saturated rings. The summed E-state index contributed by atoms with van der Waals surface area (Å²) in [5, 5.41) is 27.7. The molecule has 0 amide bonds. The normalized spacial score (nSPS) is 15.9. The lowest BCUT2D eigenvalue weighted by Crippen LogP contribution is -2.46. The highest BCUT2D eigenvalue weighted by atomic mass is 35.5. The lowest BCUT2D eigenvalue weighted by molar-refractivity contribution is 0.0866. The zero-order valence-electron chi connectivity index (χ0n) is 25.4. The van der Waals surface area contributed by atoms with E-state index in [-0.39, 0.29) is 11.6 Å². The Hall–Kier alpha value is -3.45. The number of anilines is 2. The number of hydrogen-bond donors (Lipinski definition) is 2. The average molecular weight is 601 g/mol. The SMILES string of the molecule is CC(C)(C)N1CCC(n2cc(C(Nc3cc(Cl)c4ncc(C#N)c(NC[Si](C)(C)C)c4c3)c3ccccc3)nn2)CC1. The largest absolute Gasteiger partial charge is 0.386 e. The third-order valence-electron chi connectivity index (χ3n) is 7.90. The molecule has 42 heavy (non-hydrogen) atoms. The molecule has 10 heteroatoms. The fourth-order valence-corrected chi connectivity index (χ4v) is 6.49. The molecule has 8 nitrogen and oxygen atoms in total. The van der Waals surface area contributed by atoms with E-state index >= 15 is 0 Å². The van der Waals surface area contributed by atoms with Crippen LogP contribution in [0.1, 0.15) is 62.5 Å². The van der Waals surface area contributed by atoms with Crippen LogP contribution < -0.4 is 10.6 Å². The molecule has 4 aromatic rings. The molecule has 1 aliphatic heterocycles. The van der Waals surface area contributed by atoms with Gasteiger partial charge in [-0.2, -0.15) is 5.26 Å². The van der Waals surface area contributed by atoms with Gasteiger partial charge in [0.05, 0.1) is 48.1 Å². The molecular formula is C32H41ClN8Si. The van der Waals surface area contributed by atoms with Crippen LogP contribution in [-0.4, -0.2) is 57.7 Å². The zero-order chi connectivity index (χ0) is 30.1. The van der Waals surface area contributed by atoms with E-state index in [9.17, 15) is 5.26 Å². The van der Waals surface area contributed by atoms with Crippen molar-refractivity contribution in [3.05, 3.63) is 76.7 Å². The lowest BCUT2D eigenvalue weighted by Gasteiger charge is -2.40. The van der Waals surface area contributed by atoms with Gasteiger partial charge in [0.2, 0.25) is 0 Å². The number of hydrogen-bond acceptors (Lipinski definition) is 7. The number of pyridine rings is 1.